The highest BCUT2D eigenvalue weighted by atomic mass is 32.2. The first kappa shape index (κ1) is 15.5. The summed E-state index contributed by atoms with van der Waals surface area (Å²) in [6.07, 6.45) is 6.74. The Hall–Kier alpha value is -0.560. The van der Waals surface area contributed by atoms with E-state index in [1.807, 2.05) is 0 Å². The highest BCUT2D eigenvalue weighted by molar-refractivity contribution is 7.90. The molecule has 1 fully saturated rings. The molecule has 0 heterocycles. The third-order valence-electron chi connectivity index (χ3n) is 4.34. The van der Waals surface area contributed by atoms with Crippen molar-refractivity contribution >= 4 is 9.84 Å². The van der Waals surface area contributed by atoms with Crippen LogP contribution in [0.15, 0.2) is 0 Å². The first-order valence-corrected chi connectivity index (χ1v) is 8.93. The molecule has 0 aromatic rings. The van der Waals surface area contributed by atoms with Gasteiger partial charge in [-0.25, -0.2) is 8.42 Å². The molecule has 0 aliphatic heterocycles. The number of nitrogens with zero attached hydrogens (tertiary/aromatic N) is 1. The van der Waals surface area contributed by atoms with E-state index in [-0.39, 0.29) is 11.2 Å². The molecule has 0 unspecified atom stereocenters. The maximum Gasteiger partial charge on any atom is 0.147 e. The number of hydrogen-bond acceptors (Lipinski definition) is 3. The van der Waals surface area contributed by atoms with Gasteiger partial charge in [-0.2, -0.15) is 5.26 Å². The monoisotopic (exact) mass is 271 g/mol. The Kier molecular flexibility index (Phi) is 5.21. The Morgan fingerprint density at radius 3 is 2.28 bits per heavy atom. The number of nitriles is 1. The summed E-state index contributed by atoms with van der Waals surface area (Å²) in [6, 6.07) is 2.47. The van der Waals surface area contributed by atoms with Gasteiger partial charge >= 0.3 is 0 Å². The van der Waals surface area contributed by atoms with E-state index in [1.165, 1.54) is 6.26 Å². The van der Waals surface area contributed by atoms with Gasteiger partial charge in [0.15, 0.2) is 0 Å². The molecule has 0 atom stereocenters. The van der Waals surface area contributed by atoms with E-state index in [0.717, 1.165) is 38.0 Å². The van der Waals surface area contributed by atoms with E-state index in [1.54, 1.807) is 0 Å². The van der Waals surface area contributed by atoms with Crippen LogP contribution in [0.1, 0.15) is 52.4 Å². The Morgan fingerprint density at radius 2 is 1.89 bits per heavy atom. The average Bonchev–Trinajstić information content (AvgIpc) is 2.28. The molecular weight excluding hydrogens is 246 g/mol. The van der Waals surface area contributed by atoms with Crippen LogP contribution in [-0.2, 0) is 9.84 Å². The molecule has 104 valence electrons. The van der Waals surface area contributed by atoms with Crippen LogP contribution in [0.2, 0.25) is 0 Å². The van der Waals surface area contributed by atoms with Crippen LogP contribution in [0, 0.1) is 28.6 Å². The van der Waals surface area contributed by atoms with E-state index in [0.29, 0.717) is 12.3 Å². The lowest BCUT2D eigenvalue weighted by molar-refractivity contribution is 0.165. The summed E-state index contributed by atoms with van der Waals surface area (Å²) >= 11 is 0. The Bertz CT molecular complexity index is 398. The number of rotatable bonds is 5. The van der Waals surface area contributed by atoms with Gasteiger partial charge in [0.2, 0.25) is 0 Å². The van der Waals surface area contributed by atoms with Gasteiger partial charge in [0.1, 0.15) is 9.84 Å². The lowest BCUT2D eigenvalue weighted by atomic mass is 9.67. The van der Waals surface area contributed by atoms with Crippen LogP contribution in [0.4, 0.5) is 0 Å². The zero-order valence-electron chi connectivity index (χ0n) is 11.8. The molecule has 0 bridgehead atoms. The fraction of sp³-hybridized carbons (Fsp3) is 0.929. The summed E-state index contributed by atoms with van der Waals surface area (Å²) in [7, 11) is -2.89. The molecule has 0 spiro atoms. The van der Waals surface area contributed by atoms with Crippen LogP contribution in [-0.4, -0.2) is 20.4 Å². The molecule has 0 aromatic carbocycles. The van der Waals surface area contributed by atoms with Crippen LogP contribution in [0.5, 0.6) is 0 Å². The second-order valence-electron chi connectivity index (χ2n) is 6.21. The van der Waals surface area contributed by atoms with Crippen molar-refractivity contribution in [1.29, 1.82) is 5.26 Å². The topological polar surface area (TPSA) is 57.9 Å². The molecule has 1 rings (SSSR count). The maximum atomic E-state index is 11.1. The predicted molar refractivity (Wildman–Crippen MR) is 73.8 cm³/mol. The van der Waals surface area contributed by atoms with E-state index >= 15 is 0 Å². The van der Waals surface area contributed by atoms with Crippen LogP contribution in [0.25, 0.3) is 0 Å². The van der Waals surface area contributed by atoms with Crippen molar-refractivity contribution in [3.8, 4) is 6.07 Å². The summed E-state index contributed by atoms with van der Waals surface area (Å²) in [6.45, 7) is 4.49. The molecule has 18 heavy (non-hydrogen) atoms. The molecule has 0 radical (unpaired) electrons. The minimum absolute atomic E-state index is 0.212. The molecule has 0 N–H and O–H groups in total. The highest BCUT2D eigenvalue weighted by Crippen LogP contribution is 2.43. The average molecular weight is 271 g/mol. The third kappa shape index (κ3) is 4.61. The molecule has 0 aromatic heterocycles. The molecule has 1 saturated carbocycles. The van der Waals surface area contributed by atoms with Gasteiger partial charge in [0.25, 0.3) is 0 Å². The van der Waals surface area contributed by atoms with Crippen LogP contribution in [0.3, 0.4) is 0 Å². The molecular formula is C14H25NO2S. The van der Waals surface area contributed by atoms with E-state index in [2.05, 4.69) is 19.9 Å². The summed E-state index contributed by atoms with van der Waals surface area (Å²) in [5.41, 5.74) is -0.254. The van der Waals surface area contributed by atoms with E-state index < -0.39 is 9.84 Å². The fourth-order valence-corrected chi connectivity index (χ4v) is 3.62. The fourth-order valence-electron chi connectivity index (χ4n) is 2.95. The summed E-state index contributed by atoms with van der Waals surface area (Å²) in [4.78, 5) is 0. The van der Waals surface area contributed by atoms with Gasteiger partial charge in [-0.05, 0) is 50.4 Å². The minimum Gasteiger partial charge on any atom is -0.229 e. The maximum absolute atomic E-state index is 11.1. The second kappa shape index (κ2) is 6.06. The molecule has 1 aliphatic carbocycles. The van der Waals surface area contributed by atoms with Gasteiger partial charge < -0.3 is 0 Å². The number of hydrogen-bond donors (Lipinski definition) is 0. The van der Waals surface area contributed by atoms with Crippen molar-refractivity contribution in [3.63, 3.8) is 0 Å². The van der Waals surface area contributed by atoms with Crippen molar-refractivity contribution in [1.82, 2.24) is 0 Å². The standard InChI is InChI=1S/C14H25NO2S/c1-12(2)13-5-8-14(11-15,9-6-13)7-4-10-18(3,16)17/h12-13H,4-10H2,1-3H3. The zero-order chi connectivity index (χ0) is 13.8. The van der Waals surface area contributed by atoms with Gasteiger partial charge in [-0.1, -0.05) is 13.8 Å². The van der Waals surface area contributed by atoms with E-state index in [4.69, 9.17) is 0 Å². The summed E-state index contributed by atoms with van der Waals surface area (Å²) in [5.74, 6) is 1.64. The van der Waals surface area contributed by atoms with Gasteiger partial charge in [-0.3, -0.25) is 0 Å². The van der Waals surface area contributed by atoms with Gasteiger partial charge in [-0.15, -0.1) is 0 Å². The van der Waals surface area contributed by atoms with Crippen LogP contribution >= 0.6 is 0 Å². The van der Waals surface area contributed by atoms with Crippen molar-refractivity contribution in [2.45, 2.75) is 52.4 Å². The van der Waals surface area contributed by atoms with Crippen molar-refractivity contribution in [3.05, 3.63) is 0 Å². The second-order valence-corrected chi connectivity index (χ2v) is 8.47. The number of sulfone groups is 1. The van der Waals surface area contributed by atoms with Crippen molar-refractivity contribution < 1.29 is 8.42 Å². The first-order chi connectivity index (χ1) is 8.28. The molecule has 0 saturated heterocycles. The molecule has 3 nitrogen and oxygen atoms in total. The Balaban J connectivity index is 2.49. The predicted octanol–water partition coefficient (Wildman–Crippen LogP) is 3.17. The minimum atomic E-state index is -2.89. The zero-order valence-corrected chi connectivity index (χ0v) is 12.6. The largest absolute Gasteiger partial charge is 0.229 e. The molecule has 1 aliphatic rings. The molecule has 0 amide bonds. The Morgan fingerprint density at radius 1 is 1.33 bits per heavy atom. The lowest BCUT2D eigenvalue weighted by Gasteiger charge is -2.36. The first-order valence-electron chi connectivity index (χ1n) is 6.87. The lowest BCUT2D eigenvalue weighted by Crippen LogP contribution is -2.28. The van der Waals surface area contributed by atoms with E-state index in [9.17, 15) is 13.7 Å². The van der Waals surface area contributed by atoms with Gasteiger partial charge in [0, 0.05) is 12.0 Å². The normalized spacial score (nSPS) is 29.2. The third-order valence-corrected chi connectivity index (χ3v) is 5.37. The Labute approximate surface area is 111 Å². The summed E-state index contributed by atoms with van der Waals surface area (Å²) in [5, 5.41) is 9.40. The highest BCUT2D eigenvalue weighted by Gasteiger charge is 2.35. The van der Waals surface area contributed by atoms with Crippen molar-refractivity contribution in [2.24, 2.45) is 17.3 Å². The SMILES string of the molecule is CC(C)C1CCC(C#N)(CCCS(C)(=O)=O)CC1. The smallest absolute Gasteiger partial charge is 0.147 e. The quantitative estimate of drug-likeness (QED) is 0.771. The van der Waals surface area contributed by atoms with Crippen molar-refractivity contribution in [2.75, 3.05) is 12.0 Å². The molecule has 4 heteroatoms. The summed E-state index contributed by atoms with van der Waals surface area (Å²) < 4.78 is 22.2. The van der Waals surface area contributed by atoms with Gasteiger partial charge in [0.05, 0.1) is 11.5 Å². The van der Waals surface area contributed by atoms with Crippen LogP contribution < -0.4 is 0 Å².